The van der Waals surface area contributed by atoms with Gasteiger partial charge in [0.05, 0.1) is 37.4 Å². The van der Waals surface area contributed by atoms with Crippen LogP contribution in [-0.4, -0.2) is 68.3 Å². The molecule has 51 heavy (non-hydrogen) atoms. The van der Waals surface area contributed by atoms with Gasteiger partial charge >= 0.3 is 6.09 Å². The van der Waals surface area contributed by atoms with Gasteiger partial charge in [0, 0.05) is 42.7 Å². The lowest BCUT2D eigenvalue weighted by Crippen LogP contribution is -2.46. The van der Waals surface area contributed by atoms with Crippen LogP contribution in [0.25, 0.3) is 0 Å². The molecule has 0 unspecified atom stereocenters. The van der Waals surface area contributed by atoms with Crippen molar-refractivity contribution in [2.45, 2.75) is 50.2 Å². The maximum atomic E-state index is 15.8. The average molecular weight is 786 g/mol. The highest BCUT2D eigenvalue weighted by molar-refractivity contribution is 7.93. The molecule has 3 aromatic carbocycles. The highest BCUT2D eigenvalue weighted by Crippen LogP contribution is 2.38. The minimum Gasteiger partial charge on any atom is -0.493 e. The molecule has 4 aromatic rings. The van der Waals surface area contributed by atoms with Gasteiger partial charge < -0.3 is 23.8 Å². The SMILES string of the molecule is COc1ccc(CN(c2ncns2)S(=O)(=O)c2cc(F)c(OC[C@@H]3CN(C(=O)OC(C)(C)C)CC[C@H]3c3ccc(Cl)c(Cl)c3)cc2F)cc1OC. The molecule has 2 atom stereocenters. The second kappa shape index (κ2) is 15.8. The summed E-state index contributed by atoms with van der Waals surface area (Å²) in [4.78, 5) is 17.6. The van der Waals surface area contributed by atoms with Crippen molar-refractivity contribution in [3.63, 3.8) is 0 Å². The number of piperidine rings is 1. The number of hydrogen-bond donors (Lipinski definition) is 0. The molecule has 0 aliphatic carbocycles. The highest BCUT2D eigenvalue weighted by atomic mass is 35.5. The van der Waals surface area contributed by atoms with Crippen molar-refractivity contribution >= 4 is 56.0 Å². The number of rotatable bonds is 11. The zero-order valence-electron chi connectivity index (χ0n) is 28.4. The summed E-state index contributed by atoms with van der Waals surface area (Å²) in [6.45, 7) is 5.39. The number of ether oxygens (including phenoxy) is 4. The molecular weight excluding hydrogens is 749 g/mol. The lowest BCUT2D eigenvalue weighted by Gasteiger charge is -2.39. The summed E-state index contributed by atoms with van der Waals surface area (Å²) in [5.41, 5.74) is 0.567. The first-order valence-corrected chi connectivity index (χ1v) is 18.6. The molecule has 0 radical (unpaired) electrons. The number of methoxy groups -OCH3 is 2. The van der Waals surface area contributed by atoms with Crippen LogP contribution in [0.4, 0.5) is 18.7 Å². The fraction of sp³-hybridized carbons (Fsp3) is 0.382. The second-order valence-corrected chi connectivity index (χ2v) is 16.1. The number of likely N-dealkylation sites (tertiary alicyclic amines) is 1. The van der Waals surface area contributed by atoms with Crippen molar-refractivity contribution in [3.05, 3.63) is 87.7 Å². The van der Waals surface area contributed by atoms with E-state index in [0.717, 1.165) is 27.7 Å². The largest absolute Gasteiger partial charge is 0.493 e. The third kappa shape index (κ3) is 8.94. The average Bonchev–Trinajstić information content (AvgIpc) is 3.62. The molecule has 17 heteroatoms. The number of benzene rings is 3. The highest BCUT2D eigenvalue weighted by Gasteiger charge is 2.36. The van der Waals surface area contributed by atoms with Crippen LogP contribution in [0, 0.1) is 17.6 Å². The molecule has 1 fully saturated rings. The van der Waals surface area contributed by atoms with Crippen LogP contribution in [0.1, 0.15) is 44.2 Å². The van der Waals surface area contributed by atoms with E-state index in [2.05, 4.69) is 9.36 Å². The summed E-state index contributed by atoms with van der Waals surface area (Å²) in [6.07, 6.45) is 1.15. The van der Waals surface area contributed by atoms with Crippen LogP contribution in [-0.2, 0) is 21.3 Å². The molecule has 1 saturated heterocycles. The number of aromatic nitrogens is 2. The lowest BCUT2D eigenvalue weighted by atomic mass is 9.81. The normalized spacial score (nSPS) is 16.5. The fourth-order valence-corrected chi connectivity index (χ4v) is 8.19. The van der Waals surface area contributed by atoms with Gasteiger partial charge in [-0.25, -0.2) is 31.3 Å². The van der Waals surface area contributed by atoms with Gasteiger partial charge in [0.2, 0.25) is 5.13 Å². The molecule has 2 heterocycles. The lowest BCUT2D eigenvalue weighted by molar-refractivity contribution is 0.0110. The number of carbonyl (C=O) groups excluding carboxylic acids is 1. The fourth-order valence-electron chi connectivity index (χ4n) is 5.69. The molecule has 11 nitrogen and oxygen atoms in total. The monoisotopic (exact) mass is 784 g/mol. The maximum Gasteiger partial charge on any atom is 0.410 e. The first kappa shape index (κ1) is 38.3. The number of nitrogens with zero attached hydrogens (tertiary/aromatic N) is 4. The Hall–Kier alpha value is -3.92. The van der Waals surface area contributed by atoms with Crippen molar-refractivity contribution in [3.8, 4) is 17.2 Å². The first-order chi connectivity index (χ1) is 24.1. The topological polar surface area (TPSA) is 120 Å². The van der Waals surface area contributed by atoms with Gasteiger partial charge in [0.25, 0.3) is 10.0 Å². The Morgan fingerprint density at radius 2 is 1.75 bits per heavy atom. The van der Waals surface area contributed by atoms with Crippen molar-refractivity contribution in [1.29, 1.82) is 0 Å². The molecule has 5 rings (SSSR count). The molecule has 1 aliphatic rings. The Morgan fingerprint density at radius 1 is 1.00 bits per heavy atom. The molecular formula is C34H36Cl2F2N4O7S2. The molecule has 1 aromatic heterocycles. The van der Waals surface area contributed by atoms with Crippen LogP contribution in [0.15, 0.2) is 59.8 Å². The van der Waals surface area contributed by atoms with Crippen LogP contribution in [0.3, 0.4) is 0 Å². The summed E-state index contributed by atoms with van der Waals surface area (Å²) < 4.78 is 86.1. The summed E-state index contributed by atoms with van der Waals surface area (Å²) in [5.74, 6) is -2.69. The molecule has 0 saturated carbocycles. The van der Waals surface area contributed by atoms with E-state index in [0.29, 0.717) is 52.2 Å². The first-order valence-electron chi connectivity index (χ1n) is 15.7. The molecule has 1 amide bonds. The molecule has 0 N–H and O–H groups in total. The molecule has 1 aliphatic heterocycles. The maximum absolute atomic E-state index is 15.8. The van der Waals surface area contributed by atoms with Gasteiger partial charge in [0.1, 0.15) is 22.6 Å². The third-order valence-corrected chi connectivity index (χ3v) is 11.4. The Balaban J connectivity index is 1.41. The van der Waals surface area contributed by atoms with Crippen molar-refractivity contribution in [1.82, 2.24) is 14.3 Å². The van der Waals surface area contributed by atoms with Crippen molar-refractivity contribution in [2.75, 3.05) is 38.2 Å². The number of anilines is 1. The number of amides is 1. The van der Waals surface area contributed by atoms with E-state index in [4.69, 9.17) is 42.1 Å². The van der Waals surface area contributed by atoms with Crippen molar-refractivity contribution in [2.24, 2.45) is 5.92 Å². The Bertz CT molecular complexity index is 1980. The van der Waals surface area contributed by atoms with E-state index in [1.54, 1.807) is 56.0 Å². The summed E-state index contributed by atoms with van der Waals surface area (Å²) in [5, 5.41) is 0.660. The smallest absolute Gasteiger partial charge is 0.410 e. The molecule has 0 bridgehead atoms. The van der Waals surface area contributed by atoms with Crippen LogP contribution >= 0.6 is 34.7 Å². The van der Waals surface area contributed by atoms with Gasteiger partial charge in [-0.2, -0.15) is 4.37 Å². The van der Waals surface area contributed by atoms with E-state index < -0.39 is 49.9 Å². The Labute approximate surface area is 309 Å². The zero-order chi connectivity index (χ0) is 37.1. The van der Waals surface area contributed by atoms with E-state index in [-0.39, 0.29) is 30.7 Å². The Kier molecular flexibility index (Phi) is 11.8. The second-order valence-electron chi connectivity index (χ2n) is 12.7. The van der Waals surface area contributed by atoms with Gasteiger partial charge in [-0.15, -0.1) is 0 Å². The summed E-state index contributed by atoms with van der Waals surface area (Å²) in [6, 6.07) is 11.3. The number of halogens is 4. The number of carbonyl (C=O) groups is 1. The standard InChI is InChI=1S/C34H36Cl2F2N4O7S2/c1-34(2,3)49-33(43)41-11-10-23(21-7-8-24(35)25(36)13-21)22(17-41)18-48-29-14-27(38)31(15-26(29)37)51(44,45)42(32-39-19-40-50-32)16-20-6-9-28(46-4)30(12-20)47-5/h6-9,12-15,19,22-23H,10-11,16-18H2,1-5H3/t22-,23-/m0/s1. The third-order valence-electron chi connectivity index (χ3n) is 8.10. The van der Waals surface area contributed by atoms with Crippen LogP contribution in [0.5, 0.6) is 17.2 Å². The van der Waals surface area contributed by atoms with E-state index >= 15 is 8.78 Å². The zero-order valence-corrected chi connectivity index (χ0v) is 31.5. The predicted octanol–water partition coefficient (Wildman–Crippen LogP) is 7.96. The van der Waals surface area contributed by atoms with E-state index in [1.165, 1.54) is 14.2 Å². The van der Waals surface area contributed by atoms with Crippen molar-refractivity contribution < 1.29 is 40.9 Å². The van der Waals surface area contributed by atoms with E-state index in [9.17, 15) is 13.2 Å². The summed E-state index contributed by atoms with van der Waals surface area (Å²) in [7, 11) is -1.84. The van der Waals surface area contributed by atoms with Crippen LogP contribution < -0.4 is 18.5 Å². The number of sulfonamides is 1. The molecule has 274 valence electrons. The van der Waals surface area contributed by atoms with E-state index in [1.807, 2.05) is 6.07 Å². The minimum atomic E-state index is -4.73. The van der Waals surface area contributed by atoms with Crippen LogP contribution in [0.2, 0.25) is 10.0 Å². The number of hydrogen-bond acceptors (Lipinski definition) is 10. The van der Waals surface area contributed by atoms with Gasteiger partial charge in [-0.1, -0.05) is 35.3 Å². The van der Waals surface area contributed by atoms with Gasteiger partial charge in [-0.05, 0) is 68.5 Å². The van der Waals surface area contributed by atoms with Gasteiger partial charge in [0.15, 0.2) is 23.1 Å². The summed E-state index contributed by atoms with van der Waals surface area (Å²) >= 11 is 13.2. The van der Waals surface area contributed by atoms with Gasteiger partial charge in [-0.3, -0.25) is 0 Å². The quantitative estimate of drug-likeness (QED) is 0.149. The Morgan fingerprint density at radius 3 is 2.39 bits per heavy atom. The molecule has 0 spiro atoms. The minimum absolute atomic E-state index is 0.0647. The predicted molar refractivity (Wildman–Crippen MR) is 190 cm³/mol.